The van der Waals surface area contributed by atoms with Gasteiger partial charge in [-0.25, -0.2) is 9.18 Å². The number of ketones is 1. The molecule has 146 valence electrons. The minimum atomic E-state index is -0.855. The van der Waals surface area contributed by atoms with Crippen LogP contribution in [0.4, 0.5) is 15.8 Å². The van der Waals surface area contributed by atoms with Gasteiger partial charge in [-0.3, -0.25) is 9.59 Å². The SMILES string of the molecule is Nc1cc(F)ccc1C(=O)OCC(=O)Nc1ccccc1C(=O)c1ccccc1. The van der Waals surface area contributed by atoms with Gasteiger partial charge in [-0.05, 0) is 30.3 Å². The van der Waals surface area contributed by atoms with E-state index in [0.717, 1.165) is 12.1 Å². The van der Waals surface area contributed by atoms with Crippen molar-refractivity contribution in [2.75, 3.05) is 17.7 Å². The van der Waals surface area contributed by atoms with Gasteiger partial charge in [0.1, 0.15) is 5.82 Å². The number of rotatable bonds is 6. The number of nitrogen functional groups attached to an aromatic ring is 1. The number of hydrogen-bond acceptors (Lipinski definition) is 5. The maximum Gasteiger partial charge on any atom is 0.340 e. The third-order valence-electron chi connectivity index (χ3n) is 4.05. The molecular formula is C22H17FN2O4. The Hall–Kier alpha value is -4.00. The second kappa shape index (κ2) is 8.79. The lowest BCUT2D eigenvalue weighted by atomic mass is 10.0. The van der Waals surface area contributed by atoms with E-state index in [0.29, 0.717) is 16.8 Å². The summed E-state index contributed by atoms with van der Waals surface area (Å²) in [5.74, 6) is -2.33. The Labute approximate surface area is 166 Å². The highest BCUT2D eigenvalue weighted by molar-refractivity contribution is 6.14. The summed E-state index contributed by atoms with van der Waals surface area (Å²) < 4.78 is 18.0. The average Bonchev–Trinajstić information content (AvgIpc) is 2.72. The summed E-state index contributed by atoms with van der Waals surface area (Å²) >= 11 is 0. The van der Waals surface area contributed by atoms with Crippen molar-refractivity contribution in [3.8, 4) is 0 Å². The van der Waals surface area contributed by atoms with Crippen molar-refractivity contribution in [2.24, 2.45) is 0 Å². The molecule has 0 bridgehead atoms. The predicted molar refractivity (Wildman–Crippen MR) is 106 cm³/mol. The molecule has 6 nitrogen and oxygen atoms in total. The smallest absolute Gasteiger partial charge is 0.340 e. The number of carbonyl (C=O) groups is 3. The van der Waals surface area contributed by atoms with Crippen LogP contribution in [0.2, 0.25) is 0 Å². The fourth-order valence-corrected chi connectivity index (χ4v) is 2.65. The Morgan fingerprint density at radius 3 is 2.31 bits per heavy atom. The maximum absolute atomic E-state index is 13.1. The minimum Gasteiger partial charge on any atom is -0.452 e. The Kier molecular flexibility index (Phi) is 5.99. The zero-order valence-corrected chi connectivity index (χ0v) is 15.2. The zero-order chi connectivity index (χ0) is 20.8. The molecule has 1 amide bonds. The summed E-state index contributed by atoms with van der Waals surface area (Å²) in [5.41, 5.74) is 6.53. The first-order chi connectivity index (χ1) is 14.0. The van der Waals surface area contributed by atoms with E-state index < -0.39 is 24.3 Å². The number of nitrogens with two attached hydrogens (primary N) is 1. The van der Waals surface area contributed by atoms with Crippen LogP contribution in [0.5, 0.6) is 0 Å². The lowest BCUT2D eigenvalue weighted by molar-refractivity contribution is -0.119. The summed E-state index contributed by atoms with van der Waals surface area (Å²) in [6, 6.07) is 18.4. The number of benzene rings is 3. The van der Waals surface area contributed by atoms with Crippen molar-refractivity contribution in [3.63, 3.8) is 0 Å². The normalized spacial score (nSPS) is 10.2. The predicted octanol–water partition coefficient (Wildman–Crippen LogP) is 3.43. The minimum absolute atomic E-state index is 0.0427. The van der Waals surface area contributed by atoms with E-state index in [-0.39, 0.29) is 17.0 Å². The molecule has 29 heavy (non-hydrogen) atoms. The molecule has 3 N–H and O–H groups in total. The second-order valence-corrected chi connectivity index (χ2v) is 6.10. The van der Waals surface area contributed by atoms with Crippen molar-refractivity contribution in [1.82, 2.24) is 0 Å². The molecule has 0 saturated carbocycles. The van der Waals surface area contributed by atoms with Crippen LogP contribution in [0.3, 0.4) is 0 Å². The summed E-state index contributed by atoms with van der Waals surface area (Å²) in [7, 11) is 0. The molecule has 0 atom stereocenters. The number of carbonyl (C=O) groups excluding carboxylic acids is 3. The van der Waals surface area contributed by atoms with E-state index in [1.54, 1.807) is 54.6 Å². The number of amides is 1. The number of hydrogen-bond donors (Lipinski definition) is 2. The van der Waals surface area contributed by atoms with Crippen LogP contribution < -0.4 is 11.1 Å². The van der Waals surface area contributed by atoms with Crippen molar-refractivity contribution < 1.29 is 23.5 Å². The van der Waals surface area contributed by atoms with E-state index in [1.807, 2.05) is 0 Å². The standard InChI is InChI=1S/C22H17FN2O4/c23-15-10-11-16(18(24)12-15)22(28)29-13-20(26)25-19-9-5-4-8-17(19)21(27)14-6-2-1-3-7-14/h1-12H,13,24H2,(H,25,26). The fraction of sp³-hybridized carbons (Fsp3) is 0.0455. The topological polar surface area (TPSA) is 98.5 Å². The third kappa shape index (κ3) is 4.84. The number of nitrogens with one attached hydrogen (secondary N) is 1. The first kappa shape index (κ1) is 19.8. The highest BCUT2D eigenvalue weighted by Gasteiger charge is 2.17. The van der Waals surface area contributed by atoms with Gasteiger partial charge in [-0.2, -0.15) is 0 Å². The van der Waals surface area contributed by atoms with E-state index in [1.165, 1.54) is 6.07 Å². The monoisotopic (exact) mass is 392 g/mol. The van der Waals surface area contributed by atoms with Crippen LogP contribution in [-0.4, -0.2) is 24.3 Å². The van der Waals surface area contributed by atoms with Gasteiger partial charge in [-0.15, -0.1) is 0 Å². The summed E-state index contributed by atoms with van der Waals surface area (Å²) in [6.07, 6.45) is 0. The number of para-hydroxylation sites is 1. The highest BCUT2D eigenvalue weighted by Crippen LogP contribution is 2.19. The van der Waals surface area contributed by atoms with Gasteiger partial charge < -0.3 is 15.8 Å². The molecule has 0 saturated heterocycles. The van der Waals surface area contributed by atoms with Crippen molar-refractivity contribution in [2.45, 2.75) is 0 Å². The maximum atomic E-state index is 13.1. The van der Waals surface area contributed by atoms with Crippen LogP contribution in [0.15, 0.2) is 72.8 Å². The highest BCUT2D eigenvalue weighted by atomic mass is 19.1. The van der Waals surface area contributed by atoms with Crippen molar-refractivity contribution in [3.05, 3.63) is 95.3 Å². The van der Waals surface area contributed by atoms with Gasteiger partial charge in [-0.1, -0.05) is 42.5 Å². The van der Waals surface area contributed by atoms with Gasteiger partial charge in [0.05, 0.1) is 11.3 Å². The van der Waals surface area contributed by atoms with Crippen LogP contribution in [-0.2, 0) is 9.53 Å². The number of halogens is 1. The van der Waals surface area contributed by atoms with E-state index in [2.05, 4.69) is 5.32 Å². The van der Waals surface area contributed by atoms with E-state index >= 15 is 0 Å². The van der Waals surface area contributed by atoms with Gasteiger partial charge in [0.2, 0.25) is 0 Å². The molecule has 0 fully saturated rings. The molecule has 0 aliphatic carbocycles. The summed E-state index contributed by atoms with van der Waals surface area (Å²) in [6.45, 7) is -0.594. The Morgan fingerprint density at radius 2 is 1.59 bits per heavy atom. The fourth-order valence-electron chi connectivity index (χ4n) is 2.65. The molecule has 3 rings (SSSR count). The summed E-state index contributed by atoms with van der Waals surface area (Å²) in [4.78, 5) is 36.9. The number of esters is 1. The van der Waals surface area contributed by atoms with Crippen molar-refractivity contribution >= 4 is 29.0 Å². The van der Waals surface area contributed by atoms with Crippen LogP contribution in [0, 0.1) is 5.82 Å². The quantitative estimate of drug-likeness (QED) is 0.380. The molecular weight excluding hydrogens is 375 g/mol. The van der Waals surface area contributed by atoms with Crippen LogP contribution >= 0.6 is 0 Å². The zero-order valence-electron chi connectivity index (χ0n) is 15.2. The molecule has 3 aromatic carbocycles. The number of anilines is 2. The first-order valence-electron chi connectivity index (χ1n) is 8.66. The average molecular weight is 392 g/mol. The Morgan fingerprint density at radius 1 is 0.897 bits per heavy atom. The first-order valence-corrected chi connectivity index (χ1v) is 8.66. The van der Waals surface area contributed by atoms with Gasteiger partial charge in [0.15, 0.2) is 12.4 Å². The molecule has 7 heteroatoms. The lowest BCUT2D eigenvalue weighted by Crippen LogP contribution is -2.22. The third-order valence-corrected chi connectivity index (χ3v) is 4.05. The largest absolute Gasteiger partial charge is 0.452 e. The molecule has 0 spiro atoms. The number of ether oxygens (including phenoxy) is 1. The van der Waals surface area contributed by atoms with E-state index in [4.69, 9.17) is 10.5 Å². The summed E-state index contributed by atoms with van der Waals surface area (Å²) in [5, 5.41) is 2.56. The van der Waals surface area contributed by atoms with Crippen LogP contribution in [0.25, 0.3) is 0 Å². The molecule has 0 aromatic heterocycles. The van der Waals surface area contributed by atoms with E-state index in [9.17, 15) is 18.8 Å². The van der Waals surface area contributed by atoms with Gasteiger partial charge >= 0.3 is 5.97 Å². The van der Waals surface area contributed by atoms with Gasteiger partial charge in [0.25, 0.3) is 5.91 Å². The van der Waals surface area contributed by atoms with Crippen molar-refractivity contribution in [1.29, 1.82) is 0 Å². The van der Waals surface area contributed by atoms with Gasteiger partial charge in [0, 0.05) is 16.8 Å². The molecule has 0 aliphatic heterocycles. The van der Waals surface area contributed by atoms with Crippen LogP contribution in [0.1, 0.15) is 26.3 Å². The molecule has 3 aromatic rings. The Bertz CT molecular complexity index is 1070. The molecule has 0 unspecified atom stereocenters. The molecule has 0 aliphatic rings. The molecule has 0 radical (unpaired) electrons. The second-order valence-electron chi connectivity index (χ2n) is 6.10. The lowest BCUT2D eigenvalue weighted by Gasteiger charge is -2.11. The Balaban J connectivity index is 1.67. The molecule has 0 heterocycles.